The van der Waals surface area contributed by atoms with E-state index in [4.69, 9.17) is 4.74 Å². The molecule has 2 nitrogen and oxygen atoms in total. The van der Waals surface area contributed by atoms with Crippen LogP contribution in [0.5, 0.6) is 0 Å². The van der Waals surface area contributed by atoms with E-state index in [0.717, 1.165) is 25.0 Å². The van der Waals surface area contributed by atoms with Gasteiger partial charge in [-0.1, -0.05) is 6.92 Å². The molecule has 1 aliphatic heterocycles. The van der Waals surface area contributed by atoms with Gasteiger partial charge in [-0.15, -0.1) is 0 Å². The predicted molar refractivity (Wildman–Crippen MR) is 51.6 cm³/mol. The molecule has 1 saturated heterocycles. The van der Waals surface area contributed by atoms with Gasteiger partial charge in [0.05, 0.1) is 12.7 Å². The summed E-state index contributed by atoms with van der Waals surface area (Å²) in [7, 11) is 0. The standard InChI is InChI=1S/C11H19NO/c1-2-12-11-6-8-3-4-9(11)10(5-8)13-7-11/h8-10,12H,2-7H2,1H3. The third-order valence-electron chi connectivity index (χ3n) is 4.35. The Kier molecular flexibility index (Phi) is 1.72. The number of likely N-dealkylation sites (N-methyl/N-ethyl adjacent to an activating group) is 1. The molecule has 4 rings (SSSR count). The molecule has 3 saturated carbocycles. The minimum absolute atomic E-state index is 0.389. The molecule has 1 N–H and O–H groups in total. The number of rotatable bonds is 2. The minimum atomic E-state index is 0.389. The van der Waals surface area contributed by atoms with Crippen LogP contribution in [0.2, 0.25) is 0 Å². The van der Waals surface area contributed by atoms with Gasteiger partial charge in [0.1, 0.15) is 0 Å². The summed E-state index contributed by atoms with van der Waals surface area (Å²) in [6, 6.07) is 0. The van der Waals surface area contributed by atoms with E-state index >= 15 is 0 Å². The van der Waals surface area contributed by atoms with E-state index in [9.17, 15) is 0 Å². The van der Waals surface area contributed by atoms with Gasteiger partial charge >= 0.3 is 0 Å². The first-order valence-corrected chi connectivity index (χ1v) is 5.71. The third kappa shape index (κ3) is 1.02. The molecule has 1 heterocycles. The molecule has 0 aromatic heterocycles. The van der Waals surface area contributed by atoms with Gasteiger partial charge in [-0.05, 0) is 38.1 Å². The van der Waals surface area contributed by atoms with Gasteiger partial charge in [0.15, 0.2) is 0 Å². The fraction of sp³-hybridized carbons (Fsp3) is 1.00. The average Bonchev–Trinajstić information content (AvgIpc) is 2.40. The molecule has 0 aromatic rings. The number of hydrogen-bond acceptors (Lipinski definition) is 2. The van der Waals surface area contributed by atoms with Crippen LogP contribution in [-0.2, 0) is 4.74 Å². The van der Waals surface area contributed by atoms with E-state index in [0.29, 0.717) is 11.6 Å². The normalized spacial score (nSPS) is 52.8. The Bertz CT molecular complexity index is 214. The van der Waals surface area contributed by atoms with Crippen molar-refractivity contribution >= 4 is 0 Å². The monoisotopic (exact) mass is 181 g/mol. The molecule has 0 amide bonds. The van der Waals surface area contributed by atoms with E-state index in [1.54, 1.807) is 0 Å². The maximum atomic E-state index is 5.90. The lowest BCUT2D eigenvalue weighted by Crippen LogP contribution is -2.58. The zero-order chi connectivity index (χ0) is 8.89. The van der Waals surface area contributed by atoms with Crippen molar-refractivity contribution in [3.05, 3.63) is 0 Å². The quantitative estimate of drug-likeness (QED) is 0.698. The van der Waals surface area contributed by atoms with Gasteiger partial charge in [-0.3, -0.25) is 0 Å². The van der Waals surface area contributed by atoms with Gasteiger partial charge in [0.25, 0.3) is 0 Å². The Morgan fingerprint density at radius 1 is 1.46 bits per heavy atom. The van der Waals surface area contributed by atoms with Crippen LogP contribution in [0.3, 0.4) is 0 Å². The van der Waals surface area contributed by atoms with Crippen molar-refractivity contribution in [1.29, 1.82) is 0 Å². The number of ether oxygens (including phenoxy) is 1. The SMILES string of the molecule is CCNC12COC3CC(CCC31)C2. The Hall–Kier alpha value is -0.0800. The summed E-state index contributed by atoms with van der Waals surface area (Å²) in [5.74, 6) is 1.79. The fourth-order valence-electron chi connectivity index (χ4n) is 3.91. The first-order chi connectivity index (χ1) is 6.34. The first-order valence-electron chi connectivity index (χ1n) is 5.71. The lowest BCUT2D eigenvalue weighted by molar-refractivity contribution is 0.0242. The molecule has 4 atom stereocenters. The van der Waals surface area contributed by atoms with Crippen molar-refractivity contribution in [3.63, 3.8) is 0 Å². The zero-order valence-corrected chi connectivity index (χ0v) is 8.38. The smallest absolute Gasteiger partial charge is 0.0656 e. The highest BCUT2D eigenvalue weighted by molar-refractivity contribution is 5.10. The highest BCUT2D eigenvalue weighted by atomic mass is 16.5. The molecule has 4 fully saturated rings. The molecule has 13 heavy (non-hydrogen) atoms. The lowest BCUT2D eigenvalue weighted by Gasteiger charge is -2.48. The van der Waals surface area contributed by atoms with E-state index in [1.807, 2.05) is 0 Å². The van der Waals surface area contributed by atoms with Crippen molar-refractivity contribution in [1.82, 2.24) is 5.32 Å². The lowest BCUT2D eigenvalue weighted by atomic mass is 9.61. The molecule has 2 heteroatoms. The van der Waals surface area contributed by atoms with Crippen LogP contribution in [0.1, 0.15) is 32.6 Å². The zero-order valence-electron chi connectivity index (χ0n) is 8.38. The van der Waals surface area contributed by atoms with E-state index in [2.05, 4.69) is 12.2 Å². The van der Waals surface area contributed by atoms with Crippen molar-refractivity contribution in [2.45, 2.75) is 44.2 Å². The number of fused-ring (bicyclic) bond motifs is 1. The second-order valence-electron chi connectivity index (χ2n) is 5.03. The Morgan fingerprint density at radius 3 is 3.15 bits per heavy atom. The number of hydrogen-bond donors (Lipinski definition) is 1. The topological polar surface area (TPSA) is 21.3 Å². The van der Waals surface area contributed by atoms with E-state index in [-0.39, 0.29) is 0 Å². The molecule has 4 bridgehead atoms. The highest BCUT2D eigenvalue weighted by Crippen LogP contribution is 2.52. The van der Waals surface area contributed by atoms with Gasteiger partial charge < -0.3 is 10.1 Å². The summed E-state index contributed by atoms with van der Waals surface area (Å²) in [6.45, 7) is 4.29. The Labute approximate surface area is 80.0 Å². The fourth-order valence-corrected chi connectivity index (χ4v) is 3.91. The van der Waals surface area contributed by atoms with E-state index in [1.165, 1.54) is 25.7 Å². The molecule has 4 aliphatic rings. The predicted octanol–water partition coefficient (Wildman–Crippen LogP) is 1.55. The minimum Gasteiger partial charge on any atom is -0.376 e. The van der Waals surface area contributed by atoms with Crippen LogP contribution in [0, 0.1) is 11.8 Å². The van der Waals surface area contributed by atoms with E-state index < -0.39 is 0 Å². The summed E-state index contributed by atoms with van der Waals surface area (Å²) in [4.78, 5) is 0. The third-order valence-corrected chi connectivity index (χ3v) is 4.35. The van der Waals surface area contributed by atoms with Gasteiger partial charge in [-0.25, -0.2) is 0 Å². The largest absolute Gasteiger partial charge is 0.376 e. The summed E-state index contributed by atoms with van der Waals surface area (Å²) >= 11 is 0. The maximum Gasteiger partial charge on any atom is 0.0656 e. The second kappa shape index (κ2) is 2.71. The van der Waals surface area contributed by atoms with Crippen molar-refractivity contribution in [3.8, 4) is 0 Å². The molecular formula is C11H19NO. The Balaban J connectivity index is 1.88. The summed E-state index contributed by atoms with van der Waals surface area (Å²) in [6.07, 6.45) is 6.19. The van der Waals surface area contributed by atoms with Crippen molar-refractivity contribution in [2.24, 2.45) is 11.8 Å². The van der Waals surface area contributed by atoms with Crippen molar-refractivity contribution < 1.29 is 4.74 Å². The summed E-state index contributed by atoms with van der Waals surface area (Å²) in [5, 5.41) is 3.70. The molecule has 74 valence electrons. The average molecular weight is 181 g/mol. The number of nitrogens with one attached hydrogen (secondary N) is 1. The van der Waals surface area contributed by atoms with Crippen LogP contribution in [-0.4, -0.2) is 24.8 Å². The van der Waals surface area contributed by atoms with Crippen LogP contribution >= 0.6 is 0 Å². The second-order valence-corrected chi connectivity index (χ2v) is 5.03. The molecular weight excluding hydrogens is 162 g/mol. The van der Waals surface area contributed by atoms with Gasteiger partial charge in [0, 0.05) is 11.5 Å². The van der Waals surface area contributed by atoms with Gasteiger partial charge in [-0.2, -0.15) is 0 Å². The van der Waals surface area contributed by atoms with Gasteiger partial charge in [0.2, 0.25) is 0 Å². The van der Waals surface area contributed by atoms with Crippen LogP contribution in [0.4, 0.5) is 0 Å². The maximum absolute atomic E-state index is 5.90. The Morgan fingerprint density at radius 2 is 2.38 bits per heavy atom. The summed E-state index contributed by atoms with van der Waals surface area (Å²) < 4.78 is 5.90. The van der Waals surface area contributed by atoms with Crippen LogP contribution < -0.4 is 5.32 Å². The highest BCUT2D eigenvalue weighted by Gasteiger charge is 2.56. The molecule has 3 aliphatic carbocycles. The molecule has 4 unspecified atom stereocenters. The van der Waals surface area contributed by atoms with Crippen LogP contribution in [0.15, 0.2) is 0 Å². The molecule has 0 radical (unpaired) electrons. The molecule has 0 aromatic carbocycles. The first kappa shape index (κ1) is 8.25. The van der Waals surface area contributed by atoms with Crippen LogP contribution in [0.25, 0.3) is 0 Å². The van der Waals surface area contributed by atoms with Crippen molar-refractivity contribution in [2.75, 3.05) is 13.2 Å². The summed E-state index contributed by atoms with van der Waals surface area (Å²) in [5.41, 5.74) is 0.389. The molecule has 0 spiro atoms.